The number of fused-ring (bicyclic) bond motifs is 1. The summed E-state index contributed by atoms with van der Waals surface area (Å²) in [5.74, 6) is 1.46. The monoisotopic (exact) mass is 496 g/mol. The molecule has 188 valence electrons. The van der Waals surface area contributed by atoms with Crippen LogP contribution in [0.15, 0.2) is 84.1 Å². The lowest BCUT2D eigenvalue weighted by Gasteiger charge is -2.28. The number of rotatable bonds is 8. The van der Waals surface area contributed by atoms with Gasteiger partial charge in [0.05, 0.1) is 17.9 Å². The Hall–Kier alpha value is -4.66. The molecule has 0 saturated carbocycles. The highest BCUT2D eigenvalue weighted by Gasteiger charge is 2.34. The van der Waals surface area contributed by atoms with Crippen LogP contribution in [0.3, 0.4) is 0 Å². The third-order valence-electron chi connectivity index (χ3n) is 6.09. The first kappa shape index (κ1) is 24.1. The van der Waals surface area contributed by atoms with E-state index in [4.69, 9.17) is 9.47 Å². The van der Waals surface area contributed by atoms with Gasteiger partial charge < -0.3 is 20.1 Å². The maximum Gasteiger partial charge on any atom is 0.255 e. The van der Waals surface area contributed by atoms with Crippen LogP contribution in [-0.2, 0) is 11.4 Å². The number of nitrogens with zero attached hydrogens (tertiary/aromatic N) is 4. The van der Waals surface area contributed by atoms with Gasteiger partial charge in [0.15, 0.2) is 0 Å². The summed E-state index contributed by atoms with van der Waals surface area (Å²) in [5.41, 5.74) is 4.83. The molecule has 0 saturated heterocycles. The number of amides is 1. The first-order valence-corrected chi connectivity index (χ1v) is 12.1. The molecule has 37 heavy (non-hydrogen) atoms. The highest BCUT2D eigenvalue weighted by Crippen LogP contribution is 2.36. The molecule has 4 aromatic rings. The van der Waals surface area contributed by atoms with Crippen LogP contribution < -0.4 is 20.1 Å². The summed E-state index contributed by atoms with van der Waals surface area (Å²) < 4.78 is 13.4. The number of benzene rings is 3. The third-order valence-corrected chi connectivity index (χ3v) is 6.09. The Morgan fingerprint density at radius 3 is 2.65 bits per heavy atom. The summed E-state index contributed by atoms with van der Waals surface area (Å²) in [6.07, 6.45) is 0. The average molecular weight is 497 g/mol. The maximum absolute atomic E-state index is 13.7. The molecule has 0 radical (unpaired) electrons. The minimum atomic E-state index is -0.562. The van der Waals surface area contributed by atoms with E-state index < -0.39 is 6.04 Å². The highest BCUT2D eigenvalue weighted by molar-refractivity contribution is 6.06. The van der Waals surface area contributed by atoms with Crippen LogP contribution in [-0.4, -0.2) is 32.7 Å². The number of para-hydroxylation sites is 2. The number of carbonyl (C=O) groups excluding carboxylic acids is 1. The molecule has 5 rings (SSSR count). The van der Waals surface area contributed by atoms with Crippen molar-refractivity contribution in [2.75, 3.05) is 17.2 Å². The molecule has 0 fully saturated rings. The van der Waals surface area contributed by atoms with Gasteiger partial charge in [-0.05, 0) is 66.6 Å². The van der Waals surface area contributed by atoms with E-state index >= 15 is 0 Å². The second kappa shape index (κ2) is 10.5. The topological polar surface area (TPSA) is 103 Å². The summed E-state index contributed by atoms with van der Waals surface area (Å²) >= 11 is 0. The molecular weight excluding hydrogens is 468 g/mol. The zero-order chi connectivity index (χ0) is 25.8. The number of tetrazole rings is 1. The number of hydrogen-bond donors (Lipinski definition) is 2. The molecule has 3 aromatic carbocycles. The lowest BCUT2D eigenvalue weighted by molar-refractivity contribution is -0.113. The summed E-state index contributed by atoms with van der Waals surface area (Å²) in [6, 6.07) is 22.7. The van der Waals surface area contributed by atoms with Crippen LogP contribution in [0.5, 0.6) is 11.5 Å². The molecule has 1 amide bonds. The molecule has 2 heterocycles. The Bertz CT molecular complexity index is 1440. The number of allylic oxidation sites excluding steroid dienone is 1. The Balaban J connectivity index is 1.45. The minimum Gasteiger partial charge on any atom is -0.492 e. The van der Waals surface area contributed by atoms with Gasteiger partial charge in [0, 0.05) is 5.70 Å². The fourth-order valence-electron chi connectivity index (χ4n) is 4.28. The molecule has 1 aliphatic rings. The highest BCUT2D eigenvalue weighted by atomic mass is 16.5. The Kier molecular flexibility index (Phi) is 6.85. The lowest BCUT2D eigenvalue weighted by atomic mass is 9.94. The smallest absolute Gasteiger partial charge is 0.255 e. The van der Waals surface area contributed by atoms with Gasteiger partial charge in [0.2, 0.25) is 5.95 Å². The van der Waals surface area contributed by atoms with Crippen LogP contribution in [0.2, 0.25) is 0 Å². The van der Waals surface area contributed by atoms with Crippen molar-refractivity contribution < 1.29 is 14.3 Å². The molecular formula is C28H28N6O3. The first-order valence-electron chi connectivity index (χ1n) is 12.1. The zero-order valence-corrected chi connectivity index (χ0v) is 20.9. The van der Waals surface area contributed by atoms with Crippen molar-refractivity contribution in [1.29, 1.82) is 0 Å². The van der Waals surface area contributed by atoms with Gasteiger partial charge in [0.1, 0.15) is 24.1 Å². The summed E-state index contributed by atoms with van der Waals surface area (Å²) in [4.78, 5) is 13.7. The van der Waals surface area contributed by atoms with E-state index in [2.05, 4.69) is 45.2 Å². The van der Waals surface area contributed by atoms with Crippen LogP contribution in [0, 0.1) is 6.92 Å². The van der Waals surface area contributed by atoms with Gasteiger partial charge in [-0.25, -0.2) is 0 Å². The van der Waals surface area contributed by atoms with Crippen LogP contribution >= 0.6 is 0 Å². The van der Waals surface area contributed by atoms with E-state index in [1.54, 1.807) is 4.68 Å². The number of anilines is 2. The molecule has 1 atom stereocenters. The lowest BCUT2D eigenvalue weighted by Crippen LogP contribution is -2.31. The van der Waals surface area contributed by atoms with Crippen molar-refractivity contribution in [2.45, 2.75) is 33.4 Å². The number of hydrogen-bond acceptors (Lipinski definition) is 7. The van der Waals surface area contributed by atoms with Crippen molar-refractivity contribution in [3.05, 3.63) is 101 Å². The molecule has 9 heteroatoms. The van der Waals surface area contributed by atoms with Gasteiger partial charge in [-0.2, -0.15) is 4.68 Å². The van der Waals surface area contributed by atoms with Crippen LogP contribution in [0.25, 0.3) is 0 Å². The number of ether oxygens (including phenoxy) is 2. The van der Waals surface area contributed by atoms with Gasteiger partial charge in [-0.3, -0.25) is 4.79 Å². The Morgan fingerprint density at radius 2 is 1.84 bits per heavy atom. The molecule has 9 nitrogen and oxygen atoms in total. The maximum atomic E-state index is 13.7. The Morgan fingerprint density at radius 1 is 1.03 bits per heavy atom. The standard InChI is InChI=1S/C28H28N6O3/c1-4-36-24-11-6-5-10-23(24)30-27(35)25-19(3)29-28-31-32-33-34(28)26(25)21-8-7-9-22(16-21)37-17-20-14-12-18(2)13-15-20/h5-16,26H,4,17H2,1-3H3,(H,30,35)(H,29,31,33). The fraction of sp³-hybridized carbons (Fsp3) is 0.214. The second-order valence-electron chi connectivity index (χ2n) is 8.74. The van der Waals surface area contributed by atoms with Crippen molar-refractivity contribution in [3.8, 4) is 11.5 Å². The van der Waals surface area contributed by atoms with Gasteiger partial charge >= 0.3 is 0 Å². The van der Waals surface area contributed by atoms with E-state index in [0.29, 0.717) is 47.6 Å². The summed E-state index contributed by atoms with van der Waals surface area (Å²) in [6.45, 7) is 6.72. The number of carbonyl (C=O) groups is 1. The average Bonchev–Trinajstić information content (AvgIpc) is 3.37. The number of nitrogens with one attached hydrogen (secondary N) is 2. The predicted octanol–water partition coefficient (Wildman–Crippen LogP) is 4.89. The number of aromatic nitrogens is 4. The van der Waals surface area contributed by atoms with E-state index in [0.717, 1.165) is 11.1 Å². The van der Waals surface area contributed by atoms with Crippen molar-refractivity contribution >= 4 is 17.5 Å². The molecule has 2 N–H and O–H groups in total. The van der Waals surface area contributed by atoms with Crippen molar-refractivity contribution in [2.24, 2.45) is 0 Å². The minimum absolute atomic E-state index is 0.283. The first-order chi connectivity index (χ1) is 18.0. The zero-order valence-electron chi connectivity index (χ0n) is 20.9. The van der Waals surface area contributed by atoms with Gasteiger partial charge in [-0.1, -0.05) is 59.2 Å². The molecule has 0 bridgehead atoms. The number of aryl methyl sites for hydroxylation is 1. The SMILES string of the molecule is CCOc1ccccc1NC(=O)C1=C(C)Nc2nnnn2C1c1cccc(OCc2ccc(C)cc2)c1. The fourth-order valence-corrected chi connectivity index (χ4v) is 4.28. The quantitative estimate of drug-likeness (QED) is 0.358. The van der Waals surface area contributed by atoms with Gasteiger partial charge in [-0.15, -0.1) is 0 Å². The van der Waals surface area contributed by atoms with E-state index in [1.165, 1.54) is 5.56 Å². The summed E-state index contributed by atoms with van der Waals surface area (Å²) in [5, 5.41) is 18.2. The predicted molar refractivity (Wildman–Crippen MR) is 140 cm³/mol. The van der Waals surface area contributed by atoms with Crippen LogP contribution in [0.1, 0.15) is 36.6 Å². The Labute approximate surface area is 215 Å². The normalized spacial score (nSPS) is 14.5. The molecule has 0 aliphatic carbocycles. The molecule has 1 unspecified atom stereocenters. The van der Waals surface area contributed by atoms with Crippen LogP contribution in [0.4, 0.5) is 11.6 Å². The summed E-state index contributed by atoms with van der Waals surface area (Å²) in [7, 11) is 0. The molecule has 1 aromatic heterocycles. The largest absolute Gasteiger partial charge is 0.492 e. The second-order valence-corrected chi connectivity index (χ2v) is 8.74. The van der Waals surface area contributed by atoms with Gasteiger partial charge in [0.25, 0.3) is 5.91 Å². The van der Waals surface area contributed by atoms with E-state index in [1.807, 2.05) is 74.5 Å². The van der Waals surface area contributed by atoms with E-state index in [-0.39, 0.29) is 5.91 Å². The van der Waals surface area contributed by atoms with Crippen molar-refractivity contribution in [1.82, 2.24) is 20.2 Å². The molecule has 0 spiro atoms. The third kappa shape index (κ3) is 5.16. The van der Waals surface area contributed by atoms with Crippen molar-refractivity contribution in [3.63, 3.8) is 0 Å². The molecule has 1 aliphatic heterocycles. The van der Waals surface area contributed by atoms with E-state index in [9.17, 15) is 4.79 Å².